The summed E-state index contributed by atoms with van der Waals surface area (Å²) in [5.41, 5.74) is 1.15. The van der Waals surface area contributed by atoms with E-state index in [9.17, 15) is 4.79 Å². The van der Waals surface area contributed by atoms with Crippen LogP contribution in [0.4, 0.5) is 0 Å². The third-order valence-electron chi connectivity index (χ3n) is 3.98. The van der Waals surface area contributed by atoms with Crippen LogP contribution in [0.2, 0.25) is 0 Å². The van der Waals surface area contributed by atoms with E-state index in [4.69, 9.17) is 14.2 Å². The molecule has 0 saturated carbocycles. The molecule has 2 aromatic rings. The summed E-state index contributed by atoms with van der Waals surface area (Å²) in [5.74, 6) is 1.12. The summed E-state index contributed by atoms with van der Waals surface area (Å²) in [5, 5.41) is 2.89. The number of hydrogen-bond acceptors (Lipinski definition) is 4. The van der Waals surface area contributed by atoms with Crippen molar-refractivity contribution in [2.24, 2.45) is 0 Å². The van der Waals surface area contributed by atoms with Gasteiger partial charge in [-0.25, -0.2) is 0 Å². The van der Waals surface area contributed by atoms with Crippen molar-refractivity contribution in [3.05, 3.63) is 60.2 Å². The van der Waals surface area contributed by atoms with Crippen LogP contribution in [-0.4, -0.2) is 31.3 Å². The molecule has 1 aliphatic heterocycles. The van der Waals surface area contributed by atoms with Crippen LogP contribution < -0.4 is 14.8 Å². The van der Waals surface area contributed by atoms with E-state index in [0.29, 0.717) is 31.3 Å². The zero-order valence-electron chi connectivity index (χ0n) is 14.3. The van der Waals surface area contributed by atoms with Gasteiger partial charge in [-0.2, -0.15) is 0 Å². The molecule has 132 valence electrons. The van der Waals surface area contributed by atoms with Gasteiger partial charge in [0.2, 0.25) is 6.10 Å². The summed E-state index contributed by atoms with van der Waals surface area (Å²) >= 11 is 0. The Morgan fingerprint density at radius 1 is 1.04 bits per heavy atom. The second kappa shape index (κ2) is 8.53. The Morgan fingerprint density at radius 2 is 1.72 bits per heavy atom. The van der Waals surface area contributed by atoms with Crippen molar-refractivity contribution < 1.29 is 19.0 Å². The van der Waals surface area contributed by atoms with Crippen LogP contribution in [-0.2, 0) is 16.1 Å². The molecule has 0 spiro atoms. The Balaban J connectivity index is 1.37. The maximum absolute atomic E-state index is 12.3. The van der Waals surface area contributed by atoms with Crippen LogP contribution in [0.5, 0.6) is 11.5 Å². The van der Waals surface area contributed by atoms with E-state index in [1.165, 1.54) is 0 Å². The average Bonchev–Trinajstić information content (AvgIpc) is 2.64. The molecule has 5 nitrogen and oxygen atoms in total. The number of benzene rings is 2. The number of rotatable bonds is 7. The molecule has 0 fully saturated rings. The predicted molar refractivity (Wildman–Crippen MR) is 94.7 cm³/mol. The van der Waals surface area contributed by atoms with Crippen LogP contribution in [0, 0.1) is 0 Å². The zero-order valence-corrected chi connectivity index (χ0v) is 14.3. The Hall–Kier alpha value is -2.53. The molecule has 0 unspecified atom stereocenters. The highest BCUT2D eigenvalue weighted by molar-refractivity contribution is 5.82. The Bertz CT molecular complexity index is 689. The lowest BCUT2D eigenvalue weighted by molar-refractivity contribution is -0.133. The molecule has 0 bridgehead atoms. The van der Waals surface area contributed by atoms with Crippen molar-refractivity contribution in [1.82, 2.24) is 5.32 Å². The van der Waals surface area contributed by atoms with Crippen LogP contribution >= 0.6 is 0 Å². The van der Waals surface area contributed by atoms with Crippen LogP contribution in [0.1, 0.15) is 18.9 Å². The third kappa shape index (κ3) is 4.73. The number of carbonyl (C=O) groups excluding carboxylic acids is 1. The predicted octanol–water partition coefficient (Wildman–Crippen LogP) is 2.94. The van der Waals surface area contributed by atoms with Gasteiger partial charge in [0, 0.05) is 13.2 Å². The number of fused-ring (bicyclic) bond motifs is 1. The van der Waals surface area contributed by atoms with Crippen LogP contribution in [0.3, 0.4) is 0 Å². The fourth-order valence-corrected chi connectivity index (χ4v) is 2.66. The number of nitrogens with one attached hydrogen (secondary N) is 1. The van der Waals surface area contributed by atoms with Crippen molar-refractivity contribution in [3.63, 3.8) is 0 Å². The number of amides is 1. The fraction of sp³-hybridized carbons (Fsp3) is 0.350. The number of carbonyl (C=O) groups is 1. The van der Waals surface area contributed by atoms with Crippen molar-refractivity contribution in [2.45, 2.75) is 32.2 Å². The maximum atomic E-state index is 12.3. The average molecular weight is 341 g/mol. The van der Waals surface area contributed by atoms with E-state index in [1.807, 2.05) is 55.5 Å². The van der Waals surface area contributed by atoms with Crippen LogP contribution in [0.15, 0.2) is 54.6 Å². The Morgan fingerprint density at radius 3 is 2.48 bits per heavy atom. The molecule has 2 atom stereocenters. The first-order chi connectivity index (χ1) is 12.2. The molecule has 5 heteroatoms. The lowest BCUT2D eigenvalue weighted by Gasteiger charge is -2.31. The Kier molecular flexibility index (Phi) is 5.90. The van der Waals surface area contributed by atoms with Gasteiger partial charge in [0.05, 0.1) is 6.61 Å². The van der Waals surface area contributed by atoms with Crippen molar-refractivity contribution in [1.29, 1.82) is 0 Å². The number of ether oxygens (including phenoxy) is 3. The topological polar surface area (TPSA) is 56.8 Å². The third-order valence-corrected chi connectivity index (χ3v) is 3.98. The van der Waals surface area contributed by atoms with Gasteiger partial charge in [-0.05, 0) is 31.0 Å². The molecular weight excluding hydrogens is 318 g/mol. The molecule has 2 aromatic carbocycles. The molecule has 1 N–H and O–H groups in total. The smallest absolute Gasteiger partial charge is 0.265 e. The molecule has 1 amide bonds. The summed E-state index contributed by atoms with van der Waals surface area (Å²) in [6.07, 6.45) is -0.221. The highest BCUT2D eigenvalue weighted by atomic mass is 16.6. The Labute approximate surface area is 147 Å². The van der Waals surface area contributed by atoms with Crippen molar-refractivity contribution in [3.8, 4) is 11.5 Å². The van der Waals surface area contributed by atoms with Gasteiger partial charge in [0.1, 0.15) is 6.10 Å². The van der Waals surface area contributed by atoms with E-state index in [0.717, 1.165) is 12.0 Å². The van der Waals surface area contributed by atoms with E-state index in [2.05, 4.69) is 5.32 Å². The minimum atomic E-state index is -0.639. The summed E-state index contributed by atoms with van der Waals surface area (Å²) < 4.78 is 17.1. The fourth-order valence-electron chi connectivity index (χ4n) is 2.66. The van der Waals surface area contributed by atoms with Gasteiger partial charge in [-0.1, -0.05) is 42.5 Å². The summed E-state index contributed by atoms with van der Waals surface area (Å²) in [6, 6.07) is 17.4. The summed E-state index contributed by atoms with van der Waals surface area (Å²) in [4.78, 5) is 12.3. The van der Waals surface area contributed by atoms with E-state index in [1.54, 1.807) is 6.07 Å². The molecule has 1 aliphatic rings. The molecule has 0 aromatic heterocycles. The second-order valence-corrected chi connectivity index (χ2v) is 5.99. The first-order valence-electron chi connectivity index (χ1n) is 8.56. The van der Waals surface area contributed by atoms with Gasteiger partial charge in [-0.3, -0.25) is 4.79 Å². The van der Waals surface area contributed by atoms with E-state index >= 15 is 0 Å². The molecule has 1 heterocycles. The lowest BCUT2D eigenvalue weighted by atomic mass is 10.1. The van der Waals surface area contributed by atoms with Gasteiger partial charge < -0.3 is 19.5 Å². The molecule has 0 radical (unpaired) electrons. The minimum Gasteiger partial charge on any atom is -0.482 e. The monoisotopic (exact) mass is 341 g/mol. The minimum absolute atomic E-state index is 0.162. The van der Waals surface area contributed by atoms with Gasteiger partial charge in [0.15, 0.2) is 11.5 Å². The quantitative estimate of drug-likeness (QED) is 0.787. The van der Waals surface area contributed by atoms with Gasteiger partial charge in [0.25, 0.3) is 5.91 Å². The van der Waals surface area contributed by atoms with Gasteiger partial charge in [-0.15, -0.1) is 0 Å². The lowest BCUT2D eigenvalue weighted by Crippen LogP contribution is -2.49. The normalized spacial score (nSPS) is 18.6. The molecule has 3 rings (SSSR count). The standard InChI is InChI=1S/C20H23NO4/c1-15-19(25-18-11-6-5-10-17(18)24-15)20(22)21-12-7-13-23-14-16-8-3-2-4-9-16/h2-6,8-11,15,19H,7,12-14H2,1H3,(H,21,22)/t15-,19-/m0/s1. The summed E-state index contributed by atoms with van der Waals surface area (Å²) in [7, 11) is 0. The zero-order chi connectivity index (χ0) is 17.5. The maximum Gasteiger partial charge on any atom is 0.265 e. The van der Waals surface area contributed by atoms with Crippen molar-refractivity contribution >= 4 is 5.91 Å². The SMILES string of the molecule is C[C@@H]1Oc2ccccc2O[C@@H]1C(=O)NCCCOCc1ccccc1. The summed E-state index contributed by atoms with van der Waals surface area (Å²) in [6.45, 7) is 3.56. The van der Waals surface area contributed by atoms with Gasteiger partial charge >= 0.3 is 0 Å². The van der Waals surface area contributed by atoms with Crippen molar-refractivity contribution in [2.75, 3.05) is 13.2 Å². The number of hydrogen-bond donors (Lipinski definition) is 1. The van der Waals surface area contributed by atoms with Crippen LogP contribution in [0.25, 0.3) is 0 Å². The highest BCUT2D eigenvalue weighted by Crippen LogP contribution is 2.33. The molecule has 25 heavy (non-hydrogen) atoms. The van der Waals surface area contributed by atoms with E-state index in [-0.39, 0.29) is 12.0 Å². The second-order valence-electron chi connectivity index (χ2n) is 5.99. The first-order valence-corrected chi connectivity index (χ1v) is 8.56. The first kappa shape index (κ1) is 17.3. The molecule has 0 saturated heterocycles. The molecule has 0 aliphatic carbocycles. The number of para-hydroxylation sites is 2. The highest BCUT2D eigenvalue weighted by Gasteiger charge is 2.33. The largest absolute Gasteiger partial charge is 0.482 e. The van der Waals surface area contributed by atoms with E-state index < -0.39 is 6.10 Å². The molecular formula is C20H23NO4.